The van der Waals surface area contributed by atoms with Crippen molar-refractivity contribution >= 4 is 9.84 Å². The Balaban J connectivity index is 2.03. The van der Waals surface area contributed by atoms with Crippen LogP contribution in [0.2, 0.25) is 0 Å². The molecule has 8 heteroatoms. The molecule has 22 heavy (non-hydrogen) atoms. The lowest BCUT2D eigenvalue weighted by atomic mass is 10.1. The largest absolute Gasteiger partial charge is 0.309 e. The van der Waals surface area contributed by atoms with Crippen molar-refractivity contribution in [1.82, 2.24) is 25.5 Å². The van der Waals surface area contributed by atoms with E-state index in [1.165, 1.54) is 12.6 Å². The molecule has 7 nitrogen and oxygen atoms in total. The molecule has 0 spiro atoms. The highest BCUT2D eigenvalue weighted by Crippen LogP contribution is 2.18. The topological polar surface area (TPSA) is 89.8 Å². The molecule has 120 valence electrons. The maximum atomic E-state index is 11.7. The first-order chi connectivity index (χ1) is 10.2. The van der Waals surface area contributed by atoms with Crippen molar-refractivity contribution in [1.29, 1.82) is 0 Å². The predicted octanol–water partition coefficient (Wildman–Crippen LogP) is 1.14. The van der Waals surface area contributed by atoms with Gasteiger partial charge >= 0.3 is 0 Å². The number of sulfone groups is 1. The van der Waals surface area contributed by atoms with E-state index in [2.05, 4.69) is 20.8 Å². The summed E-state index contributed by atoms with van der Waals surface area (Å²) < 4.78 is 24.2. The molecule has 0 saturated carbocycles. The van der Waals surface area contributed by atoms with Gasteiger partial charge in [0.25, 0.3) is 0 Å². The summed E-state index contributed by atoms with van der Waals surface area (Å²) in [6.07, 6.45) is 2.80. The van der Waals surface area contributed by atoms with Gasteiger partial charge in [-0.25, -0.2) is 13.1 Å². The van der Waals surface area contributed by atoms with Gasteiger partial charge in [0.05, 0.1) is 10.4 Å². The molecule has 2 aromatic rings. The van der Waals surface area contributed by atoms with E-state index in [1.807, 2.05) is 31.2 Å². The van der Waals surface area contributed by atoms with Crippen molar-refractivity contribution in [2.45, 2.75) is 31.6 Å². The third-order valence-electron chi connectivity index (χ3n) is 3.84. The Bertz CT molecular complexity index is 708. The maximum absolute atomic E-state index is 11.7. The summed E-state index contributed by atoms with van der Waals surface area (Å²) in [5.41, 5.74) is 1.94. The first-order valence-electron chi connectivity index (χ1n) is 6.97. The first-order valence-corrected chi connectivity index (χ1v) is 8.86. The van der Waals surface area contributed by atoms with Crippen LogP contribution in [0.4, 0.5) is 0 Å². The summed E-state index contributed by atoms with van der Waals surface area (Å²) in [5, 5.41) is 14.3. The van der Waals surface area contributed by atoms with E-state index < -0.39 is 14.6 Å². The highest BCUT2D eigenvalue weighted by Gasteiger charge is 2.30. The number of nitrogens with one attached hydrogen (secondary N) is 1. The van der Waals surface area contributed by atoms with Crippen LogP contribution in [0.5, 0.6) is 0 Å². The number of benzene rings is 1. The molecule has 1 atom stereocenters. The molecule has 1 aromatic carbocycles. The summed E-state index contributed by atoms with van der Waals surface area (Å²) in [4.78, 5) is 0. The van der Waals surface area contributed by atoms with Crippen LogP contribution in [0.25, 0.3) is 5.69 Å². The van der Waals surface area contributed by atoms with Gasteiger partial charge in [-0.15, -0.1) is 5.10 Å². The Morgan fingerprint density at radius 2 is 1.91 bits per heavy atom. The maximum Gasteiger partial charge on any atom is 0.153 e. The van der Waals surface area contributed by atoms with Crippen molar-refractivity contribution in [3.8, 4) is 5.69 Å². The standard InChI is InChI=1S/C14H21N5O2S/c1-11(15-9-14(2,3)22(4,20)21)12-5-7-13(8-6-12)19-10-16-17-18-19/h5-8,10-11,15H,9H2,1-4H3. The molecular formula is C14H21N5O2S. The molecule has 0 radical (unpaired) electrons. The van der Waals surface area contributed by atoms with Crippen molar-refractivity contribution in [2.75, 3.05) is 12.8 Å². The Morgan fingerprint density at radius 3 is 2.41 bits per heavy atom. The lowest BCUT2D eigenvalue weighted by Gasteiger charge is -2.25. The van der Waals surface area contributed by atoms with Crippen LogP contribution < -0.4 is 5.32 Å². The minimum Gasteiger partial charge on any atom is -0.309 e. The first kappa shape index (κ1) is 16.6. The van der Waals surface area contributed by atoms with Crippen LogP contribution in [-0.4, -0.2) is 46.2 Å². The number of tetrazole rings is 1. The Kier molecular flexibility index (Phi) is 4.62. The van der Waals surface area contributed by atoms with E-state index in [0.717, 1.165) is 11.3 Å². The van der Waals surface area contributed by atoms with Gasteiger partial charge in [-0.05, 0) is 48.9 Å². The molecule has 0 fully saturated rings. The van der Waals surface area contributed by atoms with E-state index in [9.17, 15) is 8.42 Å². The summed E-state index contributed by atoms with van der Waals surface area (Å²) >= 11 is 0. The van der Waals surface area contributed by atoms with Crippen molar-refractivity contribution in [2.24, 2.45) is 0 Å². The van der Waals surface area contributed by atoms with Gasteiger partial charge in [-0.3, -0.25) is 0 Å². The van der Waals surface area contributed by atoms with E-state index in [-0.39, 0.29) is 6.04 Å². The van der Waals surface area contributed by atoms with E-state index in [4.69, 9.17) is 0 Å². The van der Waals surface area contributed by atoms with Gasteiger partial charge in [0, 0.05) is 18.8 Å². The fourth-order valence-corrected chi connectivity index (χ4v) is 2.19. The highest BCUT2D eigenvalue weighted by molar-refractivity contribution is 7.92. The summed E-state index contributed by atoms with van der Waals surface area (Å²) in [7, 11) is -3.10. The SMILES string of the molecule is CC(NCC(C)(C)S(C)(=O)=O)c1ccc(-n2cnnn2)cc1. The van der Waals surface area contributed by atoms with Gasteiger partial charge < -0.3 is 5.32 Å². The second-order valence-corrected chi connectivity index (χ2v) is 8.63. The van der Waals surface area contributed by atoms with E-state index >= 15 is 0 Å². The predicted molar refractivity (Wildman–Crippen MR) is 84.5 cm³/mol. The van der Waals surface area contributed by atoms with E-state index in [1.54, 1.807) is 18.5 Å². The van der Waals surface area contributed by atoms with Gasteiger partial charge in [0.2, 0.25) is 0 Å². The zero-order valence-corrected chi connectivity index (χ0v) is 14.0. The monoisotopic (exact) mass is 323 g/mol. The van der Waals surface area contributed by atoms with Crippen LogP contribution >= 0.6 is 0 Å². The van der Waals surface area contributed by atoms with E-state index in [0.29, 0.717) is 6.54 Å². The molecule has 1 unspecified atom stereocenters. The third kappa shape index (κ3) is 3.69. The molecule has 0 bridgehead atoms. The second kappa shape index (κ2) is 6.13. The highest BCUT2D eigenvalue weighted by atomic mass is 32.2. The number of aromatic nitrogens is 4. The van der Waals surface area contributed by atoms with Gasteiger partial charge in [-0.2, -0.15) is 0 Å². The fraction of sp³-hybridized carbons (Fsp3) is 0.500. The molecule has 0 amide bonds. The summed E-state index contributed by atoms with van der Waals surface area (Å²) in [6.45, 7) is 5.85. The van der Waals surface area contributed by atoms with Crippen molar-refractivity contribution in [3.63, 3.8) is 0 Å². The van der Waals surface area contributed by atoms with Crippen LogP contribution in [0, 0.1) is 0 Å². The smallest absolute Gasteiger partial charge is 0.153 e. The molecular weight excluding hydrogens is 302 g/mol. The zero-order chi connectivity index (χ0) is 16.4. The molecule has 0 aliphatic rings. The molecule has 2 rings (SSSR count). The number of nitrogens with zero attached hydrogens (tertiary/aromatic N) is 4. The van der Waals surface area contributed by atoms with Crippen LogP contribution in [0.1, 0.15) is 32.4 Å². The Labute approximate surface area is 130 Å². The Morgan fingerprint density at radius 1 is 1.27 bits per heavy atom. The molecule has 0 aliphatic carbocycles. The third-order valence-corrected chi connectivity index (χ3v) is 6.00. The zero-order valence-electron chi connectivity index (χ0n) is 13.2. The average Bonchev–Trinajstić information content (AvgIpc) is 2.98. The molecule has 1 heterocycles. The quantitative estimate of drug-likeness (QED) is 0.857. The van der Waals surface area contributed by atoms with Gasteiger partial charge in [0.15, 0.2) is 9.84 Å². The summed E-state index contributed by atoms with van der Waals surface area (Å²) in [6, 6.07) is 7.84. The number of rotatable bonds is 6. The molecule has 1 aromatic heterocycles. The lowest BCUT2D eigenvalue weighted by Crippen LogP contribution is -2.42. The van der Waals surface area contributed by atoms with Crippen molar-refractivity contribution in [3.05, 3.63) is 36.2 Å². The molecule has 1 N–H and O–H groups in total. The minimum atomic E-state index is -3.10. The fourth-order valence-electron chi connectivity index (χ4n) is 1.84. The lowest BCUT2D eigenvalue weighted by molar-refractivity contribution is 0.489. The van der Waals surface area contributed by atoms with Gasteiger partial charge in [-0.1, -0.05) is 12.1 Å². The van der Waals surface area contributed by atoms with Crippen LogP contribution in [-0.2, 0) is 9.84 Å². The summed E-state index contributed by atoms with van der Waals surface area (Å²) in [5.74, 6) is 0. The number of hydrogen-bond acceptors (Lipinski definition) is 6. The number of hydrogen-bond donors (Lipinski definition) is 1. The molecule has 0 aliphatic heterocycles. The van der Waals surface area contributed by atoms with Crippen molar-refractivity contribution < 1.29 is 8.42 Å². The normalized spacial score (nSPS) is 14.0. The van der Waals surface area contributed by atoms with Crippen LogP contribution in [0.15, 0.2) is 30.6 Å². The van der Waals surface area contributed by atoms with Crippen LogP contribution in [0.3, 0.4) is 0 Å². The molecule has 0 saturated heterocycles. The average molecular weight is 323 g/mol. The van der Waals surface area contributed by atoms with Gasteiger partial charge in [0.1, 0.15) is 6.33 Å². The minimum absolute atomic E-state index is 0.0453. The Hall–Kier alpha value is -1.80. The second-order valence-electron chi connectivity index (χ2n) is 5.98.